The van der Waals surface area contributed by atoms with Crippen molar-refractivity contribution < 1.29 is 13.9 Å². The van der Waals surface area contributed by atoms with Crippen molar-refractivity contribution in [1.29, 1.82) is 0 Å². The molecule has 0 fully saturated rings. The smallest absolute Gasteiger partial charge is 0.394 e. The predicted octanol–water partition coefficient (Wildman–Crippen LogP) is 1.98. The van der Waals surface area contributed by atoms with Gasteiger partial charge in [0.25, 0.3) is 0 Å². The predicted molar refractivity (Wildman–Crippen MR) is 66.6 cm³/mol. The largest absolute Gasteiger partial charge is 0.497 e. The summed E-state index contributed by atoms with van der Waals surface area (Å²) in [6.45, 7) is 1.06. The summed E-state index contributed by atoms with van der Waals surface area (Å²) in [5.41, 5.74) is 1.82. The van der Waals surface area contributed by atoms with E-state index < -0.39 is 0 Å². The molecule has 1 N–H and O–H groups in total. The quantitative estimate of drug-likeness (QED) is 0.847. The molecule has 0 aliphatic heterocycles. The van der Waals surface area contributed by atoms with Gasteiger partial charge in [-0.3, -0.25) is 0 Å². The van der Waals surface area contributed by atoms with Crippen molar-refractivity contribution in [3.05, 3.63) is 41.8 Å². The van der Waals surface area contributed by atoms with Crippen molar-refractivity contribution in [3.63, 3.8) is 0 Å². The molecule has 0 spiro atoms. The minimum atomic E-state index is 0.281. The van der Waals surface area contributed by atoms with E-state index in [1.807, 2.05) is 31.3 Å². The van der Waals surface area contributed by atoms with Gasteiger partial charge in [0.05, 0.1) is 12.8 Å². The van der Waals surface area contributed by atoms with Crippen molar-refractivity contribution in [1.82, 2.24) is 10.3 Å². The molecule has 0 aliphatic rings. The van der Waals surface area contributed by atoms with Crippen LogP contribution in [0.2, 0.25) is 0 Å². The number of nitrogens with one attached hydrogen (secondary N) is 1. The van der Waals surface area contributed by atoms with Gasteiger partial charge in [0.1, 0.15) is 18.6 Å². The lowest BCUT2D eigenvalue weighted by Crippen LogP contribution is -2.05. The maximum atomic E-state index is 5.46. The second-order valence-electron chi connectivity index (χ2n) is 3.78. The number of oxazole rings is 1. The van der Waals surface area contributed by atoms with Crippen LogP contribution in [0.25, 0.3) is 0 Å². The van der Waals surface area contributed by atoms with Crippen LogP contribution >= 0.6 is 0 Å². The number of methoxy groups -OCH3 is 1. The zero-order chi connectivity index (χ0) is 12.8. The first-order valence-corrected chi connectivity index (χ1v) is 5.66. The van der Waals surface area contributed by atoms with Crippen molar-refractivity contribution >= 4 is 0 Å². The average Bonchev–Trinajstić information content (AvgIpc) is 2.85. The van der Waals surface area contributed by atoms with Crippen molar-refractivity contribution in [2.45, 2.75) is 13.2 Å². The topological polar surface area (TPSA) is 56.5 Å². The van der Waals surface area contributed by atoms with Crippen LogP contribution in [-0.4, -0.2) is 19.1 Å². The Hall–Kier alpha value is -2.01. The molecule has 0 saturated heterocycles. The molecule has 0 atom stereocenters. The highest BCUT2D eigenvalue weighted by Gasteiger charge is 2.05. The second-order valence-corrected chi connectivity index (χ2v) is 3.78. The lowest BCUT2D eigenvalue weighted by atomic mass is 10.2. The van der Waals surface area contributed by atoms with Crippen LogP contribution in [-0.2, 0) is 13.2 Å². The van der Waals surface area contributed by atoms with Crippen LogP contribution in [0.4, 0.5) is 0 Å². The van der Waals surface area contributed by atoms with Crippen LogP contribution in [0.3, 0.4) is 0 Å². The Morgan fingerprint density at radius 1 is 1.39 bits per heavy atom. The molecule has 0 radical (unpaired) electrons. The molecule has 1 aromatic heterocycles. The number of hydrogen-bond donors (Lipinski definition) is 1. The van der Waals surface area contributed by atoms with Crippen molar-refractivity contribution in [2.24, 2.45) is 0 Å². The SMILES string of the molecule is CNCc1coc(OCc2cccc(OC)c2)n1. The van der Waals surface area contributed by atoms with E-state index in [2.05, 4.69) is 10.3 Å². The average molecular weight is 248 g/mol. The third kappa shape index (κ3) is 3.24. The third-order valence-corrected chi connectivity index (χ3v) is 2.39. The number of rotatable bonds is 6. The van der Waals surface area contributed by atoms with Crippen molar-refractivity contribution in [2.75, 3.05) is 14.2 Å². The number of nitrogens with zero attached hydrogens (tertiary/aromatic N) is 1. The first-order valence-electron chi connectivity index (χ1n) is 5.66. The van der Waals surface area contributed by atoms with Gasteiger partial charge in [0.15, 0.2) is 0 Å². The maximum Gasteiger partial charge on any atom is 0.394 e. The number of aromatic nitrogens is 1. The summed E-state index contributed by atoms with van der Waals surface area (Å²) in [4.78, 5) is 4.17. The van der Waals surface area contributed by atoms with E-state index in [9.17, 15) is 0 Å². The highest BCUT2D eigenvalue weighted by Crippen LogP contribution is 2.16. The van der Waals surface area contributed by atoms with Gasteiger partial charge in [-0.2, -0.15) is 4.98 Å². The van der Waals surface area contributed by atoms with Gasteiger partial charge in [-0.1, -0.05) is 12.1 Å². The third-order valence-electron chi connectivity index (χ3n) is 2.39. The zero-order valence-corrected chi connectivity index (χ0v) is 10.5. The molecule has 5 nitrogen and oxygen atoms in total. The first kappa shape index (κ1) is 12.4. The molecule has 0 saturated carbocycles. The summed E-state index contributed by atoms with van der Waals surface area (Å²) in [6, 6.07) is 7.68. The molecule has 0 amide bonds. The minimum absolute atomic E-state index is 0.281. The zero-order valence-electron chi connectivity index (χ0n) is 10.5. The molecule has 2 aromatic rings. The summed E-state index contributed by atoms with van der Waals surface area (Å²) in [5, 5.41) is 2.99. The fourth-order valence-electron chi connectivity index (χ4n) is 1.52. The van der Waals surface area contributed by atoms with Crippen LogP contribution in [0.5, 0.6) is 11.8 Å². The molecule has 96 valence electrons. The van der Waals surface area contributed by atoms with Gasteiger partial charge in [0, 0.05) is 6.54 Å². The van der Waals surface area contributed by atoms with E-state index in [0.29, 0.717) is 13.2 Å². The summed E-state index contributed by atoms with van der Waals surface area (Å²) >= 11 is 0. The number of hydrogen-bond acceptors (Lipinski definition) is 5. The minimum Gasteiger partial charge on any atom is -0.497 e. The number of ether oxygens (including phenoxy) is 2. The van der Waals surface area contributed by atoms with Gasteiger partial charge in [0.2, 0.25) is 0 Å². The van der Waals surface area contributed by atoms with E-state index in [1.54, 1.807) is 13.4 Å². The molecule has 1 heterocycles. The van der Waals surface area contributed by atoms with E-state index in [4.69, 9.17) is 13.9 Å². The van der Waals surface area contributed by atoms with E-state index in [-0.39, 0.29) is 6.08 Å². The lowest BCUT2D eigenvalue weighted by molar-refractivity contribution is 0.219. The Kier molecular flexibility index (Phi) is 4.20. The maximum absolute atomic E-state index is 5.46. The Bertz CT molecular complexity index is 496. The normalized spacial score (nSPS) is 10.3. The monoisotopic (exact) mass is 248 g/mol. The van der Waals surface area contributed by atoms with Crippen molar-refractivity contribution in [3.8, 4) is 11.8 Å². The van der Waals surface area contributed by atoms with Crippen LogP contribution in [0.15, 0.2) is 34.9 Å². The van der Waals surface area contributed by atoms with E-state index >= 15 is 0 Å². The molecule has 5 heteroatoms. The molecular weight excluding hydrogens is 232 g/mol. The molecule has 18 heavy (non-hydrogen) atoms. The molecule has 0 unspecified atom stereocenters. The summed E-state index contributed by atoms with van der Waals surface area (Å²) in [6.07, 6.45) is 1.86. The Balaban J connectivity index is 1.93. The van der Waals surface area contributed by atoms with Gasteiger partial charge < -0.3 is 19.2 Å². The molecule has 1 aromatic carbocycles. The Morgan fingerprint density at radius 3 is 3.06 bits per heavy atom. The fraction of sp³-hybridized carbons (Fsp3) is 0.308. The summed E-state index contributed by atoms with van der Waals surface area (Å²) in [7, 11) is 3.49. The van der Waals surface area contributed by atoms with Gasteiger partial charge in [-0.25, -0.2) is 0 Å². The van der Waals surface area contributed by atoms with Crippen LogP contribution < -0.4 is 14.8 Å². The Labute approximate surface area is 106 Å². The molecule has 2 rings (SSSR count). The second kappa shape index (κ2) is 6.07. The van der Waals surface area contributed by atoms with E-state index in [0.717, 1.165) is 17.0 Å². The van der Waals surface area contributed by atoms with Crippen LogP contribution in [0.1, 0.15) is 11.3 Å². The Morgan fingerprint density at radius 2 is 2.28 bits per heavy atom. The first-order chi connectivity index (χ1) is 8.81. The molecule has 0 aliphatic carbocycles. The van der Waals surface area contributed by atoms with E-state index in [1.165, 1.54) is 0 Å². The highest BCUT2D eigenvalue weighted by atomic mass is 16.6. The summed E-state index contributed by atoms with van der Waals surface area (Å²) < 4.78 is 15.8. The molecular formula is C13H16N2O3. The number of benzene rings is 1. The standard InChI is InChI=1S/C13H16N2O3/c1-14-7-11-9-18-13(15-11)17-8-10-4-3-5-12(6-10)16-2/h3-6,9,14H,7-8H2,1-2H3. The fourth-order valence-corrected chi connectivity index (χ4v) is 1.52. The lowest BCUT2D eigenvalue weighted by Gasteiger charge is -2.04. The van der Waals surface area contributed by atoms with Gasteiger partial charge >= 0.3 is 6.08 Å². The highest BCUT2D eigenvalue weighted by molar-refractivity contribution is 5.28. The van der Waals surface area contributed by atoms with Gasteiger partial charge in [-0.05, 0) is 24.7 Å². The van der Waals surface area contributed by atoms with Gasteiger partial charge in [-0.15, -0.1) is 0 Å². The van der Waals surface area contributed by atoms with Crippen LogP contribution in [0, 0.1) is 0 Å². The summed E-state index contributed by atoms with van der Waals surface area (Å²) in [5.74, 6) is 0.805. The molecule has 0 bridgehead atoms.